The first-order valence-corrected chi connectivity index (χ1v) is 4.78. The van der Waals surface area contributed by atoms with E-state index in [2.05, 4.69) is 31.1 Å². The van der Waals surface area contributed by atoms with Crippen molar-refractivity contribution in [2.45, 2.75) is 26.0 Å². The molecule has 0 aliphatic carbocycles. The van der Waals surface area contributed by atoms with Gasteiger partial charge in [0.05, 0.1) is 12.7 Å². The number of ether oxygens (including phenoxy) is 1. The number of nitrogens with one attached hydrogen (secondary N) is 1. The topological polar surface area (TPSA) is 24.5 Å². The van der Waals surface area contributed by atoms with Gasteiger partial charge in [-0.3, -0.25) is 0 Å². The van der Waals surface area contributed by atoms with Crippen molar-refractivity contribution < 1.29 is 4.74 Å². The molecule has 0 aromatic rings. The smallest absolute Gasteiger partial charge is 0.0852 e. The molecule has 1 rings (SSSR count). The summed E-state index contributed by atoms with van der Waals surface area (Å²) in [6.07, 6.45) is 0.365. The first-order valence-electron chi connectivity index (χ1n) is 4.78. The van der Waals surface area contributed by atoms with Gasteiger partial charge in [0, 0.05) is 19.1 Å². The molecule has 12 heavy (non-hydrogen) atoms. The van der Waals surface area contributed by atoms with Crippen molar-refractivity contribution in [3.63, 3.8) is 0 Å². The lowest BCUT2D eigenvalue weighted by Crippen LogP contribution is -2.49. The Bertz CT molecular complexity index is 124. The maximum Gasteiger partial charge on any atom is 0.0852 e. The van der Waals surface area contributed by atoms with E-state index in [9.17, 15) is 0 Å². The molecule has 0 amide bonds. The van der Waals surface area contributed by atoms with Gasteiger partial charge in [0.25, 0.3) is 0 Å². The summed E-state index contributed by atoms with van der Waals surface area (Å²) in [6, 6.07) is 0.516. The number of hydrogen-bond acceptors (Lipinski definition) is 3. The highest BCUT2D eigenvalue weighted by molar-refractivity contribution is 4.78. The summed E-state index contributed by atoms with van der Waals surface area (Å²) in [6.45, 7) is 8.33. The molecule has 1 heterocycles. The highest BCUT2D eigenvalue weighted by Crippen LogP contribution is 2.07. The molecule has 0 saturated carbocycles. The molecule has 0 aromatic carbocycles. The first kappa shape index (κ1) is 9.96. The lowest BCUT2D eigenvalue weighted by molar-refractivity contribution is -0.0188. The molecule has 0 aromatic heterocycles. The minimum Gasteiger partial charge on any atom is -0.374 e. The Morgan fingerprint density at radius 3 is 2.92 bits per heavy atom. The molecule has 1 fully saturated rings. The van der Waals surface area contributed by atoms with Crippen molar-refractivity contribution >= 4 is 0 Å². The Morgan fingerprint density at radius 1 is 1.67 bits per heavy atom. The molecule has 1 aliphatic heterocycles. The maximum absolute atomic E-state index is 5.66. The van der Waals surface area contributed by atoms with Crippen molar-refractivity contribution in [1.82, 2.24) is 10.2 Å². The van der Waals surface area contributed by atoms with Gasteiger partial charge in [0.1, 0.15) is 0 Å². The van der Waals surface area contributed by atoms with Gasteiger partial charge in [0.2, 0.25) is 0 Å². The van der Waals surface area contributed by atoms with Crippen molar-refractivity contribution in [3.8, 4) is 0 Å². The zero-order valence-electron chi connectivity index (χ0n) is 8.34. The molecule has 3 heteroatoms. The minimum absolute atomic E-state index is 0.365. The van der Waals surface area contributed by atoms with Crippen LogP contribution in [0.15, 0.2) is 0 Å². The van der Waals surface area contributed by atoms with E-state index in [0.717, 1.165) is 26.2 Å². The third kappa shape index (κ3) is 2.44. The van der Waals surface area contributed by atoms with Crippen LogP contribution in [0.1, 0.15) is 13.8 Å². The summed E-state index contributed by atoms with van der Waals surface area (Å²) in [5, 5.41) is 3.34. The molecule has 0 radical (unpaired) electrons. The van der Waals surface area contributed by atoms with Gasteiger partial charge >= 0.3 is 0 Å². The maximum atomic E-state index is 5.66. The van der Waals surface area contributed by atoms with Crippen LogP contribution >= 0.6 is 0 Å². The van der Waals surface area contributed by atoms with Crippen LogP contribution in [0.2, 0.25) is 0 Å². The third-order valence-corrected chi connectivity index (χ3v) is 2.69. The molecule has 3 nitrogen and oxygen atoms in total. The Labute approximate surface area is 75.1 Å². The van der Waals surface area contributed by atoms with Crippen molar-refractivity contribution in [2.24, 2.45) is 0 Å². The number of likely N-dealkylation sites (N-methyl/N-ethyl adjacent to an activating group) is 1. The van der Waals surface area contributed by atoms with E-state index in [0.29, 0.717) is 12.1 Å². The van der Waals surface area contributed by atoms with E-state index in [1.165, 1.54) is 0 Å². The monoisotopic (exact) mass is 172 g/mol. The average molecular weight is 172 g/mol. The van der Waals surface area contributed by atoms with Crippen LogP contribution in [0.3, 0.4) is 0 Å². The number of morpholine rings is 1. The molecule has 1 saturated heterocycles. The van der Waals surface area contributed by atoms with Gasteiger partial charge in [-0.2, -0.15) is 0 Å². The Morgan fingerprint density at radius 2 is 2.42 bits per heavy atom. The van der Waals surface area contributed by atoms with Gasteiger partial charge < -0.3 is 15.0 Å². The molecular weight excluding hydrogens is 152 g/mol. The van der Waals surface area contributed by atoms with Gasteiger partial charge in [-0.15, -0.1) is 0 Å². The quantitative estimate of drug-likeness (QED) is 0.663. The number of nitrogens with zero attached hydrogens (tertiary/aromatic N) is 1. The summed E-state index contributed by atoms with van der Waals surface area (Å²) in [7, 11) is 2.14. The zero-order valence-corrected chi connectivity index (χ0v) is 8.34. The predicted octanol–water partition coefficient (Wildman–Crippen LogP) is 0.315. The minimum atomic E-state index is 0.365. The molecule has 2 atom stereocenters. The van der Waals surface area contributed by atoms with E-state index < -0.39 is 0 Å². The fraction of sp³-hybridized carbons (Fsp3) is 1.00. The summed E-state index contributed by atoms with van der Waals surface area (Å²) < 4.78 is 5.66. The van der Waals surface area contributed by atoms with Crippen LogP contribution in [0, 0.1) is 0 Å². The second-order valence-corrected chi connectivity index (χ2v) is 3.43. The predicted molar refractivity (Wildman–Crippen MR) is 50.4 cm³/mol. The van der Waals surface area contributed by atoms with Crippen LogP contribution in [0.25, 0.3) is 0 Å². The molecular formula is C9H20N2O. The second-order valence-electron chi connectivity index (χ2n) is 3.43. The van der Waals surface area contributed by atoms with Crippen LogP contribution in [-0.4, -0.2) is 50.3 Å². The van der Waals surface area contributed by atoms with E-state index >= 15 is 0 Å². The van der Waals surface area contributed by atoms with E-state index in [4.69, 9.17) is 4.74 Å². The van der Waals surface area contributed by atoms with Crippen molar-refractivity contribution in [1.29, 1.82) is 0 Å². The van der Waals surface area contributed by atoms with Gasteiger partial charge in [0.15, 0.2) is 0 Å². The highest BCUT2D eigenvalue weighted by Gasteiger charge is 2.22. The lowest BCUT2D eigenvalue weighted by atomic mass is 10.1. The fourth-order valence-electron chi connectivity index (χ4n) is 1.47. The first-order chi connectivity index (χ1) is 5.75. The highest BCUT2D eigenvalue weighted by atomic mass is 16.5. The molecule has 0 spiro atoms. The van der Waals surface area contributed by atoms with E-state index in [-0.39, 0.29) is 0 Å². The molecule has 1 N–H and O–H groups in total. The molecule has 72 valence electrons. The van der Waals surface area contributed by atoms with E-state index in [1.807, 2.05) is 0 Å². The summed E-state index contributed by atoms with van der Waals surface area (Å²) in [5.41, 5.74) is 0. The van der Waals surface area contributed by atoms with Crippen LogP contribution in [-0.2, 0) is 4.74 Å². The Hall–Kier alpha value is -0.120. The largest absolute Gasteiger partial charge is 0.374 e. The van der Waals surface area contributed by atoms with Crippen molar-refractivity contribution in [3.05, 3.63) is 0 Å². The standard InChI is InChI=1S/C9H20N2O/c1-4-11(3)8(2)9-7-10-5-6-12-9/h8-10H,4-7H2,1-3H3. The van der Waals surface area contributed by atoms with Crippen LogP contribution in [0.5, 0.6) is 0 Å². The van der Waals surface area contributed by atoms with Crippen LogP contribution < -0.4 is 5.32 Å². The number of hydrogen-bond donors (Lipinski definition) is 1. The zero-order chi connectivity index (χ0) is 8.97. The van der Waals surface area contributed by atoms with Crippen LogP contribution in [0.4, 0.5) is 0 Å². The SMILES string of the molecule is CCN(C)C(C)C1CNCCO1. The summed E-state index contributed by atoms with van der Waals surface area (Å²) >= 11 is 0. The Balaban J connectivity index is 2.33. The van der Waals surface area contributed by atoms with Gasteiger partial charge in [-0.25, -0.2) is 0 Å². The average Bonchev–Trinajstić information content (AvgIpc) is 2.17. The van der Waals surface area contributed by atoms with E-state index in [1.54, 1.807) is 0 Å². The summed E-state index contributed by atoms with van der Waals surface area (Å²) in [5.74, 6) is 0. The Kier molecular flexibility index (Phi) is 3.98. The van der Waals surface area contributed by atoms with Gasteiger partial charge in [-0.1, -0.05) is 6.92 Å². The van der Waals surface area contributed by atoms with Gasteiger partial charge in [-0.05, 0) is 20.5 Å². The normalized spacial score (nSPS) is 27.5. The molecule has 2 unspecified atom stereocenters. The molecule has 1 aliphatic rings. The second kappa shape index (κ2) is 4.80. The lowest BCUT2D eigenvalue weighted by Gasteiger charge is -2.33. The number of rotatable bonds is 3. The molecule has 0 bridgehead atoms. The van der Waals surface area contributed by atoms with Crippen molar-refractivity contribution in [2.75, 3.05) is 33.3 Å². The fourth-order valence-corrected chi connectivity index (χ4v) is 1.47. The summed E-state index contributed by atoms with van der Waals surface area (Å²) in [4.78, 5) is 2.32. The third-order valence-electron chi connectivity index (χ3n) is 2.69.